The molecule has 2 fully saturated rings. The van der Waals surface area contributed by atoms with E-state index >= 15 is 4.39 Å². The van der Waals surface area contributed by atoms with E-state index in [1.807, 2.05) is 5.01 Å². The molecule has 2 amide bonds. The Hall–Kier alpha value is -3.01. The fourth-order valence-electron chi connectivity index (χ4n) is 5.04. The fraction of sp³-hybridized carbons (Fsp3) is 0.545. The van der Waals surface area contributed by atoms with Gasteiger partial charge in [-0.2, -0.15) is 5.10 Å². The average molecular weight is 442 g/mol. The van der Waals surface area contributed by atoms with Crippen LogP contribution >= 0.6 is 0 Å². The van der Waals surface area contributed by atoms with Crippen molar-refractivity contribution < 1.29 is 18.7 Å². The van der Waals surface area contributed by atoms with Crippen molar-refractivity contribution in [3.63, 3.8) is 0 Å². The van der Waals surface area contributed by atoms with Crippen LogP contribution in [0.3, 0.4) is 0 Å². The number of carbonyl (C=O) groups is 2. The van der Waals surface area contributed by atoms with Crippen LogP contribution in [0, 0.1) is 5.82 Å². The Morgan fingerprint density at radius 1 is 1.41 bits per heavy atom. The summed E-state index contributed by atoms with van der Waals surface area (Å²) >= 11 is 0. The number of halogens is 1. The van der Waals surface area contributed by atoms with Crippen LogP contribution in [0.15, 0.2) is 17.8 Å². The van der Waals surface area contributed by atoms with Gasteiger partial charge in [0, 0.05) is 51.0 Å². The number of ether oxygens (including phenoxy) is 1. The van der Waals surface area contributed by atoms with Crippen LogP contribution in [0.5, 0.6) is 0 Å². The van der Waals surface area contributed by atoms with Gasteiger partial charge in [0.2, 0.25) is 5.91 Å². The van der Waals surface area contributed by atoms with Crippen molar-refractivity contribution in [3.05, 3.63) is 35.3 Å². The van der Waals surface area contributed by atoms with Crippen LogP contribution in [0.2, 0.25) is 0 Å². The normalized spacial score (nSPS) is 26.6. The lowest BCUT2D eigenvalue weighted by Crippen LogP contribution is -2.49. The molecule has 1 aromatic heterocycles. The lowest BCUT2D eigenvalue weighted by molar-refractivity contribution is -0.127. The Labute approximate surface area is 185 Å². The van der Waals surface area contributed by atoms with Gasteiger partial charge in [0.15, 0.2) is 17.9 Å². The van der Waals surface area contributed by atoms with Crippen molar-refractivity contribution in [2.24, 2.45) is 5.10 Å². The molecule has 2 unspecified atom stereocenters. The molecule has 4 aliphatic heterocycles. The third-order valence-corrected chi connectivity index (χ3v) is 6.78. The molecule has 1 aromatic rings. The number of aromatic nitrogens is 1. The second kappa shape index (κ2) is 8.16. The summed E-state index contributed by atoms with van der Waals surface area (Å²) in [5.74, 6) is -1.11. The third kappa shape index (κ3) is 3.33. The molecule has 0 saturated carbocycles. The molecule has 9 nitrogen and oxygen atoms in total. The predicted octanol–water partition coefficient (Wildman–Crippen LogP) is 1.21. The standard InChI is InChI=1S/C22H27FN6O3/c1-3-16(30)28-7-4-6-13(12-28)27(2)20-18(23)14-10-24-21(31)17(14)19(26-20)15-11-25-29-8-5-9-32-22(15)29/h3,11,13,15,22H,1,4-10,12H2,2H3,(H,24,31)/t13-,15?,22?/m1/s1. The van der Waals surface area contributed by atoms with Gasteiger partial charge in [0.05, 0.1) is 23.8 Å². The highest BCUT2D eigenvalue weighted by Gasteiger charge is 2.42. The average Bonchev–Trinajstić information content (AvgIpc) is 3.43. The molecule has 10 heteroatoms. The summed E-state index contributed by atoms with van der Waals surface area (Å²) in [6.45, 7) is 6.21. The SMILES string of the molecule is C=CC(=O)N1CCC[C@@H](N(C)c2nc(C3C=NN4CCCOC34)c3c(c2F)CNC3=O)C1. The zero-order chi connectivity index (χ0) is 22.4. The molecule has 1 N–H and O–H groups in total. The monoisotopic (exact) mass is 442 g/mol. The highest BCUT2D eigenvalue weighted by Crippen LogP contribution is 2.37. The van der Waals surface area contributed by atoms with Crippen LogP contribution < -0.4 is 10.2 Å². The number of anilines is 1. The minimum atomic E-state index is -0.492. The van der Waals surface area contributed by atoms with E-state index in [9.17, 15) is 9.59 Å². The lowest BCUT2D eigenvalue weighted by atomic mass is 9.96. The van der Waals surface area contributed by atoms with Gasteiger partial charge in [-0.1, -0.05) is 6.58 Å². The van der Waals surface area contributed by atoms with Crippen molar-refractivity contribution in [2.45, 2.75) is 44.0 Å². The number of hydrogen-bond acceptors (Lipinski definition) is 7. The Morgan fingerprint density at radius 2 is 2.25 bits per heavy atom. The summed E-state index contributed by atoms with van der Waals surface area (Å²) in [5.41, 5.74) is 1.12. The van der Waals surface area contributed by atoms with E-state index in [2.05, 4.69) is 17.0 Å². The van der Waals surface area contributed by atoms with Crippen LogP contribution in [0.25, 0.3) is 0 Å². The number of likely N-dealkylation sites (N-methyl/N-ethyl adjacent to an activating group) is 1. The van der Waals surface area contributed by atoms with Gasteiger partial charge < -0.3 is 19.9 Å². The van der Waals surface area contributed by atoms with Crippen LogP contribution in [0.4, 0.5) is 10.2 Å². The van der Waals surface area contributed by atoms with Crippen molar-refractivity contribution >= 4 is 23.8 Å². The number of piperidine rings is 1. The van der Waals surface area contributed by atoms with Gasteiger partial charge in [-0.3, -0.25) is 14.6 Å². The second-order valence-corrected chi connectivity index (χ2v) is 8.63. The minimum Gasteiger partial charge on any atom is -0.356 e. The summed E-state index contributed by atoms with van der Waals surface area (Å²) < 4.78 is 21.5. The number of pyridine rings is 1. The molecule has 2 saturated heterocycles. The van der Waals surface area contributed by atoms with Crippen molar-refractivity contribution in [2.75, 3.05) is 38.2 Å². The molecule has 170 valence electrons. The zero-order valence-electron chi connectivity index (χ0n) is 18.1. The fourth-order valence-corrected chi connectivity index (χ4v) is 5.04. The van der Waals surface area contributed by atoms with Gasteiger partial charge in [0.1, 0.15) is 0 Å². The van der Waals surface area contributed by atoms with E-state index in [1.165, 1.54) is 6.08 Å². The summed E-state index contributed by atoms with van der Waals surface area (Å²) in [5, 5.41) is 9.04. The van der Waals surface area contributed by atoms with E-state index in [0.29, 0.717) is 36.5 Å². The van der Waals surface area contributed by atoms with Gasteiger partial charge in [-0.05, 0) is 25.3 Å². The van der Waals surface area contributed by atoms with Crippen LogP contribution in [-0.4, -0.2) is 78.5 Å². The van der Waals surface area contributed by atoms with Gasteiger partial charge in [-0.15, -0.1) is 0 Å². The van der Waals surface area contributed by atoms with Gasteiger partial charge >= 0.3 is 0 Å². The number of nitrogens with zero attached hydrogens (tertiary/aromatic N) is 5. The molecule has 5 rings (SSSR count). The van der Waals surface area contributed by atoms with Crippen LogP contribution in [-0.2, 0) is 16.1 Å². The van der Waals surface area contributed by atoms with E-state index in [-0.39, 0.29) is 42.4 Å². The highest BCUT2D eigenvalue weighted by atomic mass is 19.1. The quantitative estimate of drug-likeness (QED) is 0.705. The number of fused-ring (bicyclic) bond motifs is 2. The molecule has 0 radical (unpaired) electrons. The summed E-state index contributed by atoms with van der Waals surface area (Å²) in [6.07, 6.45) is 5.22. The number of hydrazone groups is 1. The van der Waals surface area contributed by atoms with Gasteiger partial charge in [0.25, 0.3) is 5.91 Å². The van der Waals surface area contributed by atoms with E-state index in [4.69, 9.17) is 9.72 Å². The molecule has 0 aliphatic carbocycles. The topological polar surface area (TPSA) is 90.4 Å². The molecule has 3 atom stereocenters. The van der Waals surface area contributed by atoms with Gasteiger partial charge in [-0.25, -0.2) is 9.37 Å². The summed E-state index contributed by atoms with van der Waals surface area (Å²) in [7, 11) is 1.80. The van der Waals surface area contributed by atoms with Crippen molar-refractivity contribution in [1.29, 1.82) is 0 Å². The first-order chi connectivity index (χ1) is 15.5. The number of amides is 2. The minimum absolute atomic E-state index is 0.0923. The number of likely N-dealkylation sites (tertiary alicyclic amines) is 1. The number of hydrogen-bond donors (Lipinski definition) is 1. The largest absolute Gasteiger partial charge is 0.356 e. The molecular weight excluding hydrogens is 415 g/mol. The van der Waals surface area contributed by atoms with E-state index in [1.54, 1.807) is 23.1 Å². The molecule has 0 spiro atoms. The van der Waals surface area contributed by atoms with Crippen molar-refractivity contribution in [3.8, 4) is 0 Å². The predicted molar refractivity (Wildman–Crippen MR) is 116 cm³/mol. The van der Waals surface area contributed by atoms with Crippen molar-refractivity contribution in [1.82, 2.24) is 20.2 Å². The first kappa shape index (κ1) is 20.9. The smallest absolute Gasteiger partial charge is 0.253 e. The summed E-state index contributed by atoms with van der Waals surface area (Å²) in [4.78, 5) is 32.9. The second-order valence-electron chi connectivity index (χ2n) is 8.63. The Bertz CT molecular complexity index is 998. The number of rotatable bonds is 4. The first-order valence-corrected chi connectivity index (χ1v) is 11.1. The Morgan fingerprint density at radius 3 is 3.06 bits per heavy atom. The third-order valence-electron chi connectivity index (χ3n) is 6.78. The summed E-state index contributed by atoms with van der Waals surface area (Å²) in [6, 6.07) is -0.0923. The molecular formula is C22H27FN6O3. The Kier molecular flexibility index (Phi) is 5.32. The zero-order valence-corrected chi connectivity index (χ0v) is 18.1. The maximum atomic E-state index is 15.6. The Balaban J connectivity index is 1.52. The molecule has 5 heterocycles. The molecule has 4 aliphatic rings. The lowest BCUT2D eigenvalue weighted by Gasteiger charge is -2.38. The maximum absolute atomic E-state index is 15.6. The highest BCUT2D eigenvalue weighted by molar-refractivity contribution is 6.01. The van der Waals surface area contributed by atoms with E-state index < -0.39 is 5.82 Å². The first-order valence-electron chi connectivity index (χ1n) is 11.1. The molecule has 0 aromatic carbocycles. The van der Waals surface area contributed by atoms with Crippen LogP contribution in [0.1, 0.15) is 46.8 Å². The van der Waals surface area contributed by atoms with E-state index in [0.717, 1.165) is 25.8 Å². The number of nitrogens with one attached hydrogen (secondary N) is 1. The number of carbonyl (C=O) groups excluding carboxylic acids is 2. The molecule has 0 bridgehead atoms. The molecule has 32 heavy (non-hydrogen) atoms. The maximum Gasteiger partial charge on any atom is 0.253 e.